The van der Waals surface area contributed by atoms with Gasteiger partial charge >= 0.3 is 6.18 Å². The standard InChI is InChI=1S/C26H19ClF4N8O2/c27-15-2-4-18(38-11-20(36-37-38)26(29,30)31)22(23(15)28)13-7-14-1-3-19(39(14)21(40)9-13)25-34-10-17(35-25)12-5-6-33-16(8-12)24(32)41/h2,4-6,8-11,14,19H,1,3,7H2,(H2,32,41)(H,34,35)/t14-,19+/m1/s1. The van der Waals surface area contributed by atoms with E-state index in [2.05, 4.69) is 25.3 Å². The number of nitrogens with zero attached hydrogens (tertiary/aromatic N) is 6. The van der Waals surface area contributed by atoms with E-state index in [1.165, 1.54) is 30.5 Å². The number of H-pyrrole nitrogens is 1. The van der Waals surface area contributed by atoms with Crippen LogP contribution in [0.15, 0.2) is 48.9 Å². The van der Waals surface area contributed by atoms with E-state index in [9.17, 15) is 22.8 Å². The summed E-state index contributed by atoms with van der Waals surface area (Å²) in [6.07, 6.45) is 1.58. The predicted molar refractivity (Wildman–Crippen MR) is 137 cm³/mol. The SMILES string of the molecule is NC(=O)c1cc(-c2cnc([C@@H]3CC[C@@H]4CC(c5c(-n6cc(C(F)(F)F)nn6)ccc(Cl)c5F)=CC(=O)N43)[nH]2)ccn1. The van der Waals surface area contributed by atoms with E-state index >= 15 is 4.39 Å². The number of hydrogen-bond donors (Lipinski definition) is 2. The van der Waals surface area contributed by atoms with Crippen molar-refractivity contribution in [3.8, 4) is 16.9 Å². The highest BCUT2D eigenvalue weighted by Crippen LogP contribution is 2.44. The van der Waals surface area contributed by atoms with Crippen LogP contribution in [0.25, 0.3) is 22.5 Å². The first-order chi connectivity index (χ1) is 19.5. The summed E-state index contributed by atoms with van der Waals surface area (Å²) in [4.78, 5) is 38.2. The Kier molecular flexibility index (Phi) is 6.36. The molecule has 6 rings (SSSR count). The van der Waals surface area contributed by atoms with E-state index in [-0.39, 0.29) is 40.0 Å². The maximum atomic E-state index is 15.4. The van der Waals surface area contributed by atoms with Gasteiger partial charge in [-0.1, -0.05) is 16.8 Å². The van der Waals surface area contributed by atoms with E-state index in [0.717, 1.165) is 4.68 Å². The second-order valence-electron chi connectivity index (χ2n) is 9.64. The molecule has 2 amide bonds. The van der Waals surface area contributed by atoms with Gasteiger partial charge in [-0.2, -0.15) is 13.2 Å². The zero-order chi connectivity index (χ0) is 29.1. The molecule has 41 heavy (non-hydrogen) atoms. The van der Waals surface area contributed by atoms with Crippen LogP contribution in [0.1, 0.15) is 52.9 Å². The summed E-state index contributed by atoms with van der Waals surface area (Å²) >= 11 is 6.04. The van der Waals surface area contributed by atoms with Crippen molar-refractivity contribution in [2.45, 2.75) is 37.5 Å². The summed E-state index contributed by atoms with van der Waals surface area (Å²) in [5, 5.41) is 6.43. The van der Waals surface area contributed by atoms with Gasteiger partial charge in [0.15, 0.2) is 11.5 Å². The summed E-state index contributed by atoms with van der Waals surface area (Å²) in [5.41, 5.74) is 5.56. The molecule has 2 atom stereocenters. The van der Waals surface area contributed by atoms with Crippen molar-refractivity contribution in [1.82, 2.24) is 34.8 Å². The molecule has 3 aromatic heterocycles. The average Bonchev–Trinajstić information content (AvgIpc) is 3.69. The molecule has 1 aromatic carbocycles. The van der Waals surface area contributed by atoms with Crippen LogP contribution in [0, 0.1) is 5.82 Å². The smallest absolute Gasteiger partial charge is 0.364 e. The minimum atomic E-state index is -4.74. The summed E-state index contributed by atoms with van der Waals surface area (Å²) < 4.78 is 55.6. The van der Waals surface area contributed by atoms with Crippen LogP contribution in [0.2, 0.25) is 5.02 Å². The number of hydrogen-bond acceptors (Lipinski definition) is 6. The van der Waals surface area contributed by atoms with Crippen molar-refractivity contribution in [2.24, 2.45) is 5.73 Å². The van der Waals surface area contributed by atoms with Gasteiger partial charge in [0, 0.05) is 29.4 Å². The predicted octanol–water partition coefficient (Wildman–Crippen LogP) is 4.48. The topological polar surface area (TPSA) is 136 Å². The van der Waals surface area contributed by atoms with Crippen LogP contribution in [-0.4, -0.2) is 52.7 Å². The van der Waals surface area contributed by atoms with E-state index in [1.54, 1.807) is 17.2 Å². The molecule has 5 heterocycles. The van der Waals surface area contributed by atoms with Gasteiger partial charge in [0.05, 0.1) is 34.8 Å². The maximum Gasteiger partial charge on any atom is 0.436 e. The van der Waals surface area contributed by atoms with Crippen LogP contribution in [-0.2, 0) is 11.0 Å². The number of fused-ring (bicyclic) bond motifs is 1. The Balaban J connectivity index is 1.32. The highest BCUT2D eigenvalue weighted by atomic mass is 35.5. The lowest BCUT2D eigenvalue weighted by atomic mass is 9.92. The number of aromatic amines is 1. The van der Waals surface area contributed by atoms with Crippen LogP contribution in [0.3, 0.4) is 0 Å². The van der Waals surface area contributed by atoms with Gasteiger partial charge in [0.2, 0.25) is 5.91 Å². The number of rotatable bonds is 5. The Morgan fingerprint density at radius 1 is 1.17 bits per heavy atom. The number of alkyl halides is 3. The van der Waals surface area contributed by atoms with Crippen molar-refractivity contribution in [3.63, 3.8) is 0 Å². The Bertz CT molecular complexity index is 1730. The molecule has 0 radical (unpaired) electrons. The van der Waals surface area contributed by atoms with Gasteiger partial charge in [-0.3, -0.25) is 14.6 Å². The largest absolute Gasteiger partial charge is 0.436 e. The number of nitrogens with two attached hydrogens (primary N) is 1. The summed E-state index contributed by atoms with van der Waals surface area (Å²) in [7, 11) is 0. The number of pyridine rings is 1. The molecule has 0 bridgehead atoms. The number of aromatic nitrogens is 6. The van der Waals surface area contributed by atoms with Gasteiger partial charge < -0.3 is 15.6 Å². The first kappa shape index (κ1) is 26.6. The number of carbonyl (C=O) groups excluding carboxylic acids is 2. The lowest BCUT2D eigenvalue weighted by Gasteiger charge is -2.33. The van der Waals surface area contributed by atoms with Crippen molar-refractivity contribution >= 4 is 29.0 Å². The molecule has 0 spiro atoms. The normalized spacial score (nSPS) is 18.9. The highest BCUT2D eigenvalue weighted by Gasteiger charge is 2.42. The molecule has 0 saturated carbocycles. The van der Waals surface area contributed by atoms with Crippen LogP contribution >= 0.6 is 11.6 Å². The first-order valence-electron chi connectivity index (χ1n) is 12.3. The number of imidazole rings is 1. The third-order valence-corrected chi connectivity index (χ3v) is 7.46. The second kappa shape index (κ2) is 9.80. The molecule has 2 aliphatic heterocycles. The number of amides is 2. The zero-order valence-electron chi connectivity index (χ0n) is 20.9. The fourth-order valence-corrected chi connectivity index (χ4v) is 5.49. The van der Waals surface area contributed by atoms with E-state index < -0.39 is 35.5 Å². The van der Waals surface area contributed by atoms with Gasteiger partial charge in [0.25, 0.3) is 5.91 Å². The quantitative estimate of drug-likeness (QED) is 0.331. The second-order valence-corrected chi connectivity index (χ2v) is 10.1. The first-order valence-corrected chi connectivity index (χ1v) is 12.7. The summed E-state index contributed by atoms with van der Waals surface area (Å²) in [6, 6.07) is 5.03. The fourth-order valence-electron chi connectivity index (χ4n) is 5.33. The maximum absolute atomic E-state index is 15.4. The zero-order valence-corrected chi connectivity index (χ0v) is 21.6. The van der Waals surface area contributed by atoms with E-state index in [0.29, 0.717) is 36.1 Å². The number of primary amides is 1. The van der Waals surface area contributed by atoms with Crippen molar-refractivity contribution in [3.05, 3.63) is 82.5 Å². The molecule has 2 aliphatic rings. The van der Waals surface area contributed by atoms with Crippen LogP contribution < -0.4 is 5.73 Å². The van der Waals surface area contributed by atoms with Crippen LogP contribution in [0.4, 0.5) is 17.6 Å². The summed E-state index contributed by atoms with van der Waals surface area (Å²) in [6.45, 7) is 0. The monoisotopic (exact) mass is 586 g/mol. The molecular weight excluding hydrogens is 568 g/mol. The minimum absolute atomic E-state index is 0.0275. The number of nitrogens with one attached hydrogen (secondary N) is 1. The van der Waals surface area contributed by atoms with E-state index in [4.69, 9.17) is 17.3 Å². The van der Waals surface area contributed by atoms with Gasteiger partial charge in [-0.05, 0) is 49.1 Å². The lowest BCUT2D eigenvalue weighted by Crippen LogP contribution is -2.39. The Labute approximate surface area is 233 Å². The van der Waals surface area contributed by atoms with Gasteiger partial charge in [-0.15, -0.1) is 5.10 Å². The van der Waals surface area contributed by atoms with Crippen molar-refractivity contribution in [1.29, 1.82) is 0 Å². The lowest BCUT2D eigenvalue weighted by molar-refractivity contribution is -0.141. The summed E-state index contributed by atoms with van der Waals surface area (Å²) in [5.74, 6) is -1.42. The van der Waals surface area contributed by atoms with Crippen molar-refractivity contribution in [2.75, 3.05) is 0 Å². The Hall–Kier alpha value is -4.59. The molecule has 0 aliphatic carbocycles. The Morgan fingerprint density at radius 2 is 1.98 bits per heavy atom. The molecule has 1 saturated heterocycles. The molecule has 15 heteroatoms. The van der Waals surface area contributed by atoms with Crippen LogP contribution in [0.5, 0.6) is 0 Å². The number of halogens is 5. The van der Waals surface area contributed by atoms with Crippen molar-refractivity contribution < 1.29 is 27.2 Å². The molecule has 10 nitrogen and oxygen atoms in total. The minimum Gasteiger partial charge on any atom is -0.364 e. The molecule has 1 fully saturated rings. The van der Waals surface area contributed by atoms with Gasteiger partial charge in [-0.25, -0.2) is 14.1 Å². The number of carbonyl (C=O) groups is 2. The number of benzene rings is 1. The molecule has 210 valence electrons. The highest BCUT2D eigenvalue weighted by molar-refractivity contribution is 6.31. The molecule has 3 N–H and O–H groups in total. The fraction of sp³-hybridized carbons (Fsp3) is 0.231. The molecular formula is C26H19ClF4N8O2. The van der Waals surface area contributed by atoms with E-state index in [1.807, 2.05) is 0 Å². The van der Waals surface area contributed by atoms with Gasteiger partial charge in [0.1, 0.15) is 11.5 Å². The molecule has 0 unspecified atom stereocenters. The molecule has 4 aromatic rings. The Morgan fingerprint density at radius 3 is 2.71 bits per heavy atom. The average molecular weight is 587 g/mol. The third-order valence-electron chi connectivity index (χ3n) is 7.17. The third kappa shape index (κ3) is 4.73.